The molecular weight excluding hydrogens is 342 g/mol. The first-order valence-corrected chi connectivity index (χ1v) is 9.45. The number of carbonyl (C=O) groups is 1. The van der Waals surface area contributed by atoms with Crippen molar-refractivity contribution in [3.63, 3.8) is 0 Å². The molecule has 1 unspecified atom stereocenters. The number of rotatable bonds is 11. The summed E-state index contributed by atoms with van der Waals surface area (Å²) >= 11 is 0. The summed E-state index contributed by atoms with van der Waals surface area (Å²) in [6.45, 7) is 6.97. The van der Waals surface area contributed by atoms with Crippen molar-refractivity contribution in [1.82, 2.24) is 4.98 Å². The fraction of sp³-hybridized carbons (Fsp3) is 0.455. The number of aromatic hydroxyl groups is 1. The third kappa shape index (κ3) is 6.27. The van der Waals surface area contributed by atoms with E-state index in [-0.39, 0.29) is 11.7 Å². The molecule has 1 atom stereocenters. The first-order valence-electron chi connectivity index (χ1n) is 9.45. The highest BCUT2D eigenvalue weighted by Gasteiger charge is 2.12. The van der Waals surface area contributed by atoms with Crippen molar-refractivity contribution in [2.45, 2.75) is 46.5 Å². The van der Waals surface area contributed by atoms with E-state index in [0.717, 1.165) is 41.7 Å². The van der Waals surface area contributed by atoms with Gasteiger partial charge in [0, 0.05) is 18.2 Å². The van der Waals surface area contributed by atoms with Crippen LogP contribution in [0, 0.1) is 19.8 Å². The van der Waals surface area contributed by atoms with E-state index < -0.39 is 0 Å². The summed E-state index contributed by atoms with van der Waals surface area (Å²) < 4.78 is 11.5. The van der Waals surface area contributed by atoms with Gasteiger partial charge in [0.1, 0.15) is 23.5 Å². The Kier molecular flexibility index (Phi) is 8.11. The maximum Gasteiger partial charge on any atom is 0.140 e. The Bertz CT molecular complexity index is 745. The lowest BCUT2D eigenvalue weighted by molar-refractivity contribution is -0.108. The van der Waals surface area contributed by atoms with Gasteiger partial charge in [-0.1, -0.05) is 13.0 Å². The van der Waals surface area contributed by atoms with E-state index in [1.807, 2.05) is 45.0 Å². The molecule has 0 saturated carbocycles. The van der Waals surface area contributed by atoms with Crippen LogP contribution in [0.4, 0.5) is 0 Å². The molecule has 5 heteroatoms. The predicted octanol–water partition coefficient (Wildman–Crippen LogP) is 4.41. The minimum atomic E-state index is 0.211. The second kappa shape index (κ2) is 10.6. The van der Waals surface area contributed by atoms with Gasteiger partial charge in [-0.25, -0.2) is 0 Å². The second-order valence-corrected chi connectivity index (χ2v) is 6.90. The van der Waals surface area contributed by atoms with Gasteiger partial charge in [-0.3, -0.25) is 4.98 Å². The molecular formula is C22H29NO4. The quantitative estimate of drug-likeness (QED) is 0.468. The Hall–Kier alpha value is -2.56. The third-order valence-corrected chi connectivity index (χ3v) is 4.54. The van der Waals surface area contributed by atoms with Gasteiger partial charge in [0.25, 0.3) is 0 Å². The van der Waals surface area contributed by atoms with Crippen molar-refractivity contribution in [3.8, 4) is 17.2 Å². The molecule has 0 amide bonds. The van der Waals surface area contributed by atoms with Crippen molar-refractivity contribution in [2.24, 2.45) is 5.92 Å². The number of hydrogen-bond acceptors (Lipinski definition) is 5. The summed E-state index contributed by atoms with van der Waals surface area (Å²) in [5, 5.41) is 10.4. The standard InChI is InChI=1S/C22H29NO4/c1-16(10-12-24)15-19-8-9-20(17(2)22(19)25)26-13-4-5-14-27-21-7-6-11-23-18(21)3/h6-9,11-12,16,25H,4-5,10,13-15H2,1-3H3. The molecule has 0 aliphatic rings. The normalized spacial score (nSPS) is 11.8. The minimum Gasteiger partial charge on any atom is -0.507 e. The fourth-order valence-electron chi connectivity index (χ4n) is 2.87. The Morgan fingerprint density at radius 3 is 2.48 bits per heavy atom. The fourth-order valence-corrected chi connectivity index (χ4v) is 2.87. The van der Waals surface area contributed by atoms with Gasteiger partial charge < -0.3 is 19.4 Å². The van der Waals surface area contributed by atoms with Gasteiger partial charge >= 0.3 is 0 Å². The zero-order valence-electron chi connectivity index (χ0n) is 16.4. The molecule has 5 nitrogen and oxygen atoms in total. The average Bonchev–Trinajstić information content (AvgIpc) is 2.65. The van der Waals surface area contributed by atoms with Crippen LogP contribution in [0.3, 0.4) is 0 Å². The van der Waals surface area contributed by atoms with E-state index in [9.17, 15) is 9.90 Å². The molecule has 2 aromatic rings. The predicted molar refractivity (Wildman–Crippen MR) is 106 cm³/mol. The van der Waals surface area contributed by atoms with Gasteiger partial charge in [-0.15, -0.1) is 0 Å². The topological polar surface area (TPSA) is 68.7 Å². The number of hydrogen-bond donors (Lipinski definition) is 1. The van der Waals surface area contributed by atoms with Crippen LogP contribution >= 0.6 is 0 Å². The first-order chi connectivity index (χ1) is 13.0. The van der Waals surface area contributed by atoms with Crippen molar-refractivity contribution in [2.75, 3.05) is 13.2 Å². The second-order valence-electron chi connectivity index (χ2n) is 6.90. The van der Waals surface area contributed by atoms with Gasteiger partial charge in [-0.05, 0) is 62.8 Å². The molecule has 146 valence electrons. The lowest BCUT2D eigenvalue weighted by Gasteiger charge is -2.15. The van der Waals surface area contributed by atoms with Crippen molar-refractivity contribution in [3.05, 3.63) is 47.3 Å². The van der Waals surface area contributed by atoms with Crippen LogP contribution in [0.1, 0.15) is 43.0 Å². The highest BCUT2D eigenvalue weighted by molar-refractivity contribution is 5.51. The highest BCUT2D eigenvalue weighted by atomic mass is 16.5. The Morgan fingerprint density at radius 2 is 1.81 bits per heavy atom. The number of carbonyl (C=O) groups excluding carboxylic acids is 1. The van der Waals surface area contributed by atoms with Crippen molar-refractivity contribution >= 4 is 6.29 Å². The Balaban J connectivity index is 1.76. The number of phenolic OH excluding ortho intramolecular Hbond substituents is 1. The molecule has 0 bridgehead atoms. The molecule has 0 radical (unpaired) electrons. The summed E-state index contributed by atoms with van der Waals surface area (Å²) in [6, 6.07) is 7.56. The molecule has 1 aromatic heterocycles. The maximum atomic E-state index is 10.6. The first kappa shape index (κ1) is 20.7. The van der Waals surface area contributed by atoms with Gasteiger partial charge in [-0.2, -0.15) is 0 Å². The Labute approximate surface area is 161 Å². The summed E-state index contributed by atoms with van der Waals surface area (Å²) in [7, 11) is 0. The maximum absolute atomic E-state index is 10.6. The number of nitrogens with zero attached hydrogens (tertiary/aromatic N) is 1. The molecule has 0 saturated heterocycles. The van der Waals surface area contributed by atoms with Gasteiger partial charge in [0.2, 0.25) is 0 Å². The van der Waals surface area contributed by atoms with Crippen molar-refractivity contribution in [1.29, 1.82) is 0 Å². The van der Waals surface area contributed by atoms with Crippen LogP contribution in [0.25, 0.3) is 0 Å². The monoisotopic (exact) mass is 371 g/mol. The molecule has 0 spiro atoms. The molecule has 1 aromatic carbocycles. The zero-order valence-corrected chi connectivity index (χ0v) is 16.4. The van der Waals surface area contributed by atoms with E-state index in [1.165, 1.54) is 0 Å². The number of aldehydes is 1. The highest BCUT2D eigenvalue weighted by Crippen LogP contribution is 2.32. The number of benzene rings is 1. The minimum absolute atomic E-state index is 0.211. The molecule has 0 fully saturated rings. The van der Waals surface area contributed by atoms with Crippen LogP contribution in [-0.4, -0.2) is 29.6 Å². The summed E-state index contributed by atoms with van der Waals surface area (Å²) in [5.41, 5.74) is 2.49. The zero-order chi connectivity index (χ0) is 19.6. The van der Waals surface area contributed by atoms with Crippen LogP contribution < -0.4 is 9.47 Å². The third-order valence-electron chi connectivity index (χ3n) is 4.54. The van der Waals surface area contributed by atoms with Crippen LogP contribution in [0.2, 0.25) is 0 Å². The van der Waals surface area contributed by atoms with E-state index in [4.69, 9.17) is 9.47 Å². The molecule has 0 aliphatic heterocycles. The smallest absolute Gasteiger partial charge is 0.140 e. The number of pyridine rings is 1. The Morgan fingerprint density at radius 1 is 1.11 bits per heavy atom. The molecule has 0 aliphatic carbocycles. The van der Waals surface area contributed by atoms with Gasteiger partial charge in [0.05, 0.1) is 18.9 Å². The molecule has 27 heavy (non-hydrogen) atoms. The average molecular weight is 371 g/mol. The van der Waals surface area contributed by atoms with Crippen LogP contribution in [-0.2, 0) is 11.2 Å². The number of phenols is 1. The van der Waals surface area contributed by atoms with E-state index in [2.05, 4.69) is 4.98 Å². The summed E-state index contributed by atoms with van der Waals surface area (Å²) in [4.78, 5) is 14.8. The van der Waals surface area contributed by atoms with E-state index in [0.29, 0.717) is 31.8 Å². The SMILES string of the molecule is Cc1ncccc1OCCCCOc1ccc(CC(C)CC=O)c(O)c1C. The van der Waals surface area contributed by atoms with E-state index >= 15 is 0 Å². The largest absolute Gasteiger partial charge is 0.507 e. The molecule has 1 heterocycles. The number of aryl methyl sites for hydroxylation is 1. The number of ether oxygens (including phenoxy) is 2. The van der Waals surface area contributed by atoms with Crippen molar-refractivity contribution < 1.29 is 19.4 Å². The molecule has 1 N–H and O–H groups in total. The van der Waals surface area contributed by atoms with Crippen LogP contribution in [0.15, 0.2) is 30.5 Å². The van der Waals surface area contributed by atoms with Crippen LogP contribution in [0.5, 0.6) is 17.2 Å². The summed E-state index contributed by atoms with van der Waals surface area (Å²) in [5.74, 6) is 1.99. The van der Waals surface area contributed by atoms with E-state index in [1.54, 1.807) is 6.20 Å². The lowest BCUT2D eigenvalue weighted by atomic mass is 9.96. The number of aromatic nitrogens is 1. The molecule has 2 rings (SSSR count). The summed E-state index contributed by atoms with van der Waals surface area (Å²) in [6.07, 6.45) is 5.58. The lowest BCUT2D eigenvalue weighted by Crippen LogP contribution is -2.05. The van der Waals surface area contributed by atoms with Gasteiger partial charge in [0.15, 0.2) is 0 Å². The number of unbranched alkanes of at least 4 members (excludes halogenated alkanes) is 1.